The number of hydrogen-bond donors (Lipinski definition) is 2. The Balaban J connectivity index is 2.24. The third-order valence-corrected chi connectivity index (χ3v) is 2.92. The minimum atomic E-state index is -1.09. The summed E-state index contributed by atoms with van der Waals surface area (Å²) in [6.45, 7) is 0. The summed E-state index contributed by atoms with van der Waals surface area (Å²) in [6.07, 6.45) is 2.29. The molecule has 1 atom stereocenters. The van der Waals surface area contributed by atoms with E-state index in [1.807, 2.05) is 6.07 Å². The van der Waals surface area contributed by atoms with Crippen LogP contribution in [0.2, 0.25) is 0 Å². The molecule has 0 radical (unpaired) electrons. The van der Waals surface area contributed by atoms with Gasteiger partial charge in [-0.25, -0.2) is 4.79 Å². The van der Waals surface area contributed by atoms with Crippen molar-refractivity contribution in [2.24, 2.45) is 5.73 Å². The zero-order valence-corrected chi connectivity index (χ0v) is 8.88. The van der Waals surface area contributed by atoms with Crippen LogP contribution < -0.4 is 5.73 Å². The van der Waals surface area contributed by atoms with Crippen LogP contribution in [0.15, 0.2) is 28.8 Å². The molecule has 3 N–H and O–H groups in total. The Morgan fingerprint density at radius 1 is 1.59 bits per heavy atom. The summed E-state index contributed by atoms with van der Waals surface area (Å²) < 4.78 is 5.34. The van der Waals surface area contributed by atoms with Gasteiger partial charge in [0.25, 0.3) is 0 Å². The van der Waals surface area contributed by atoms with E-state index in [4.69, 9.17) is 15.3 Å². The second-order valence-electron chi connectivity index (χ2n) is 4.01. The summed E-state index contributed by atoms with van der Waals surface area (Å²) in [5, 5.41) is 8.92. The standard InChI is InChI=1S/C12H10N2O3/c13-8-5-9-6(2-1-3-14-9)11-7(8)4-10(17-11)12(15)16/h1-4,8H,5,13H2,(H,15,16). The fourth-order valence-corrected chi connectivity index (χ4v) is 2.12. The smallest absolute Gasteiger partial charge is 0.371 e. The minimum absolute atomic E-state index is 0.0813. The number of pyridine rings is 1. The molecule has 0 spiro atoms. The first-order chi connectivity index (χ1) is 8.16. The van der Waals surface area contributed by atoms with Crippen molar-refractivity contribution in [1.82, 2.24) is 4.98 Å². The molecule has 5 nitrogen and oxygen atoms in total. The maximum absolute atomic E-state index is 10.9. The van der Waals surface area contributed by atoms with Gasteiger partial charge in [0.2, 0.25) is 5.76 Å². The van der Waals surface area contributed by atoms with Crippen molar-refractivity contribution in [3.8, 4) is 11.3 Å². The number of aromatic carboxylic acids is 1. The average Bonchev–Trinajstić information content (AvgIpc) is 2.75. The molecule has 17 heavy (non-hydrogen) atoms. The first-order valence-corrected chi connectivity index (χ1v) is 5.23. The number of hydrogen-bond acceptors (Lipinski definition) is 4. The Kier molecular flexibility index (Phi) is 2.02. The number of carboxylic acid groups (broad SMARTS) is 1. The number of carboxylic acids is 1. The second-order valence-corrected chi connectivity index (χ2v) is 4.01. The molecule has 2 aromatic heterocycles. The average molecular weight is 230 g/mol. The van der Waals surface area contributed by atoms with Gasteiger partial charge in [0.1, 0.15) is 5.76 Å². The lowest BCUT2D eigenvalue weighted by Crippen LogP contribution is -2.18. The molecule has 0 aromatic carbocycles. The van der Waals surface area contributed by atoms with Gasteiger partial charge in [-0.3, -0.25) is 4.98 Å². The molecule has 3 rings (SSSR count). The van der Waals surface area contributed by atoms with Crippen LogP contribution >= 0.6 is 0 Å². The fraction of sp³-hybridized carbons (Fsp3) is 0.167. The fourth-order valence-electron chi connectivity index (χ4n) is 2.12. The van der Waals surface area contributed by atoms with E-state index in [1.54, 1.807) is 12.3 Å². The Hall–Kier alpha value is -2.14. The van der Waals surface area contributed by atoms with Gasteiger partial charge in [-0.1, -0.05) is 0 Å². The molecule has 1 aliphatic rings. The van der Waals surface area contributed by atoms with Crippen LogP contribution in [0.3, 0.4) is 0 Å². The van der Waals surface area contributed by atoms with E-state index >= 15 is 0 Å². The first-order valence-electron chi connectivity index (χ1n) is 5.23. The number of aromatic nitrogens is 1. The highest BCUT2D eigenvalue weighted by Gasteiger charge is 2.28. The molecular formula is C12H10N2O3. The lowest BCUT2D eigenvalue weighted by molar-refractivity contribution is 0.0663. The van der Waals surface area contributed by atoms with Crippen LogP contribution in [0.1, 0.15) is 27.9 Å². The SMILES string of the molecule is NC1Cc2ncccc2-c2oc(C(=O)O)cc21. The molecule has 2 heterocycles. The van der Waals surface area contributed by atoms with Gasteiger partial charge in [-0.2, -0.15) is 0 Å². The van der Waals surface area contributed by atoms with E-state index in [9.17, 15) is 4.79 Å². The van der Waals surface area contributed by atoms with Crippen LogP contribution in [0.25, 0.3) is 11.3 Å². The maximum Gasteiger partial charge on any atom is 0.371 e. The number of carbonyl (C=O) groups is 1. The number of rotatable bonds is 1. The molecule has 1 aliphatic carbocycles. The lowest BCUT2D eigenvalue weighted by Gasteiger charge is -2.19. The van der Waals surface area contributed by atoms with Crippen molar-refractivity contribution < 1.29 is 14.3 Å². The number of nitrogens with zero attached hydrogens (tertiary/aromatic N) is 1. The Labute approximate surface area is 96.9 Å². The van der Waals surface area contributed by atoms with Crippen molar-refractivity contribution in [3.63, 3.8) is 0 Å². The van der Waals surface area contributed by atoms with E-state index < -0.39 is 5.97 Å². The molecular weight excluding hydrogens is 220 g/mol. The number of furan rings is 1. The Bertz CT molecular complexity index is 604. The van der Waals surface area contributed by atoms with Crippen LogP contribution in [0.4, 0.5) is 0 Å². The van der Waals surface area contributed by atoms with Gasteiger partial charge < -0.3 is 15.3 Å². The minimum Gasteiger partial charge on any atom is -0.475 e. The lowest BCUT2D eigenvalue weighted by atomic mass is 9.91. The van der Waals surface area contributed by atoms with E-state index in [1.165, 1.54) is 6.07 Å². The predicted octanol–water partition coefficient (Wildman–Crippen LogP) is 1.60. The normalized spacial score (nSPS) is 17.4. The Morgan fingerprint density at radius 3 is 3.18 bits per heavy atom. The van der Waals surface area contributed by atoms with Crippen LogP contribution in [0, 0.1) is 0 Å². The summed E-state index contributed by atoms with van der Waals surface area (Å²) >= 11 is 0. The highest BCUT2D eigenvalue weighted by atomic mass is 16.4. The molecule has 0 saturated heterocycles. The third kappa shape index (κ3) is 1.43. The van der Waals surface area contributed by atoms with Gasteiger partial charge >= 0.3 is 5.97 Å². The van der Waals surface area contributed by atoms with Crippen molar-refractivity contribution in [3.05, 3.63) is 41.4 Å². The summed E-state index contributed by atoms with van der Waals surface area (Å²) in [5.41, 5.74) is 8.40. The topological polar surface area (TPSA) is 89.4 Å². The molecule has 5 heteroatoms. The molecule has 2 aromatic rings. The largest absolute Gasteiger partial charge is 0.475 e. The highest BCUT2D eigenvalue weighted by molar-refractivity contribution is 5.86. The van der Waals surface area contributed by atoms with Crippen molar-refractivity contribution in [2.45, 2.75) is 12.5 Å². The van der Waals surface area contributed by atoms with Crippen LogP contribution in [-0.4, -0.2) is 16.1 Å². The molecule has 86 valence electrons. The van der Waals surface area contributed by atoms with Crippen molar-refractivity contribution in [2.75, 3.05) is 0 Å². The zero-order valence-electron chi connectivity index (χ0n) is 8.88. The molecule has 0 amide bonds. The van der Waals surface area contributed by atoms with Gasteiger partial charge in [0.05, 0.1) is 5.69 Å². The third-order valence-electron chi connectivity index (χ3n) is 2.92. The van der Waals surface area contributed by atoms with Gasteiger partial charge in [-0.15, -0.1) is 0 Å². The molecule has 0 bridgehead atoms. The number of nitrogens with two attached hydrogens (primary N) is 1. The van der Waals surface area contributed by atoms with Gasteiger partial charge in [0.15, 0.2) is 0 Å². The summed E-state index contributed by atoms with van der Waals surface area (Å²) in [7, 11) is 0. The molecule has 0 saturated carbocycles. The highest BCUT2D eigenvalue weighted by Crippen LogP contribution is 2.38. The molecule has 1 unspecified atom stereocenters. The molecule has 0 fully saturated rings. The first kappa shape index (κ1) is 10.0. The zero-order chi connectivity index (χ0) is 12.0. The van der Waals surface area contributed by atoms with Crippen LogP contribution in [-0.2, 0) is 6.42 Å². The van der Waals surface area contributed by atoms with Crippen molar-refractivity contribution >= 4 is 5.97 Å². The summed E-state index contributed by atoms with van der Waals surface area (Å²) in [6, 6.07) is 4.90. The van der Waals surface area contributed by atoms with Gasteiger partial charge in [-0.05, 0) is 18.2 Å². The number of fused-ring (bicyclic) bond motifs is 3. The quantitative estimate of drug-likeness (QED) is 0.776. The summed E-state index contributed by atoms with van der Waals surface area (Å²) in [4.78, 5) is 15.1. The van der Waals surface area contributed by atoms with Crippen LogP contribution in [0.5, 0.6) is 0 Å². The summed E-state index contributed by atoms with van der Waals surface area (Å²) in [5.74, 6) is -0.636. The van der Waals surface area contributed by atoms with E-state index in [0.717, 1.165) is 16.8 Å². The van der Waals surface area contributed by atoms with Gasteiger partial charge in [0, 0.05) is 29.8 Å². The predicted molar refractivity (Wildman–Crippen MR) is 59.5 cm³/mol. The second kappa shape index (κ2) is 3.43. The van der Waals surface area contributed by atoms with E-state index in [-0.39, 0.29) is 11.8 Å². The molecule has 0 aliphatic heterocycles. The maximum atomic E-state index is 10.9. The van der Waals surface area contributed by atoms with E-state index in [2.05, 4.69) is 4.98 Å². The monoisotopic (exact) mass is 230 g/mol. The Morgan fingerprint density at radius 2 is 2.41 bits per heavy atom. The van der Waals surface area contributed by atoms with Crippen molar-refractivity contribution in [1.29, 1.82) is 0 Å². The van der Waals surface area contributed by atoms with E-state index in [0.29, 0.717) is 12.2 Å².